The number of rotatable bonds is 0. The van der Waals surface area contributed by atoms with E-state index in [-0.39, 0.29) is 0 Å². The molecule has 0 saturated carbocycles. The van der Waals surface area contributed by atoms with Crippen LogP contribution >= 0.6 is 0 Å². The number of nitrogens with one attached hydrogen (secondary N) is 1. The molecule has 0 aromatic heterocycles. The summed E-state index contributed by atoms with van der Waals surface area (Å²) >= 11 is 0. The molecule has 1 heterocycles. The summed E-state index contributed by atoms with van der Waals surface area (Å²) in [5.74, 6) is 1.06. The molecule has 1 aromatic carbocycles. The van der Waals surface area contributed by atoms with E-state index < -0.39 is 0 Å². The Morgan fingerprint density at radius 3 is 2.91 bits per heavy atom. The van der Waals surface area contributed by atoms with Gasteiger partial charge in [-0.3, -0.25) is 0 Å². The molecule has 2 rings (SSSR count). The van der Waals surface area contributed by atoms with E-state index in [0.29, 0.717) is 0 Å². The van der Waals surface area contributed by atoms with Crippen molar-refractivity contribution in [3.8, 4) is 0 Å². The minimum atomic E-state index is 0.951. The van der Waals surface area contributed by atoms with Crippen LogP contribution in [0.5, 0.6) is 0 Å². The Morgan fingerprint density at radius 1 is 1.36 bits per heavy atom. The minimum absolute atomic E-state index is 0.951. The van der Waals surface area contributed by atoms with E-state index in [1.807, 2.05) is 25.2 Å². The summed E-state index contributed by atoms with van der Waals surface area (Å²) in [7, 11) is 1.91. The van der Waals surface area contributed by atoms with Crippen LogP contribution in [0.3, 0.4) is 0 Å². The van der Waals surface area contributed by atoms with Crippen molar-refractivity contribution < 1.29 is 0 Å². The second-order valence-corrected chi connectivity index (χ2v) is 2.61. The molecule has 0 spiro atoms. The molecule has 1 aliphatic rings. The van der Waals surface area contributed by atoms with Crippen LogP contribution in [0.25, 0.3) is 0 Å². The first-order valence-electron chi connectivity index (χ1n) is 3.73. The first-order valence-corrected chi connectivity index (χ1v) is 3.73. The Kier molecular flexibility index (Phi) is 1.39. The molecule has 11 heavy (non-hydrogen) atoms. The van der Waals surface area contributed by atoms with Crippen LogP contribution in [-0.4, -0.2) is 12.9 Å². The van der Waals surface area contributed by atoms with E-state index in [4.69, 9.17) is 0 Å². The Balaban J connectivity index is 2.39. The summed E-state index contributed by atoms with van der Waals surface area (Å²) in [6.45, 7) is 0. The topological polar surface area (TPSA) is 24.4 Å². The number of nitrogens with zero attached hydrogens (tertiary/aromatic N) is 1. The van der Waals surface area contributed by atoms with E-state index in [0.717, 1.165) is 17.9 Å². The van der Waals surface area contributed by atoms with E-state index in [9.17, 15) is 0 Å². The van der Waals surface area contributed by atoms with Gasteiger partial charge in [-0.25, -0.2) is 4.99 Å². The fraction of sp³-hybridized carbons (Fsp3) is 0.222. The molecule has 2 nitrogen and oxygen atoms in total. The van der Waals surface area contributed by atoms with Gasteiger partial charge in [0.15, 0.2) is 0 Å². The van der Waals surface area contributed by atoms with Crippen molar-refractivity contribution >= 4 is 11.5 Å². The zero-order chi connectivity index (χ0) is 7.68. The van der Waals surface area contributed by atoms with Gasteiger partial charge in [0.05, 0.1) is 5.69 Å². The smallest absolute Gasteiger partial charge is 0.106 e. The van der Waals surface area contributed by atoms with Crippen molar-refractivity contribution in [3.05, 3.63) is 29.8 Å². The second-order valence-electron chi connectivity index (χ2n) is 2.61. The number of hydrogen-bond donors (Lipinski definition) is 1. The fourth-order valence-corrected chi connectivity index (χ4v) is 1.28. The summed E-state index contributed by atoms with van der Waals surface area (Å²) in [5, 5.41) is 3.06. The van der Waals surface area contributed by atoms with Crippen LogP contribution in [0, 0.1) is 0 Å². The van der Waals surface area contributed by atoms with Gasteiger partial charge < -0.3 is 5.32 Å². The van der Waals surface area contributed by atoms with Gasteiger partial charge in [-0.05, 0) is 11.6 Å². The standard InChI is InChI=1S/C9H10N2/c1-10-9-6-7-4-2-3-5-8(7)11-9/h2-5H,6H2,1H3,(H,10,11). The second kappa shape index (κ2) is 2.38. The highest BCUT2D eigenvalue weighted by atomic mass is 15.0. The molecule has 0 radical (unpaired) electrons. The molecule has 0 aliphatic carbocycles. The van der Waals surface area contributed by atoms with Crippen LogP contribution in [-0.2, 0) is 6.42 Å². The van der Waals surface area contributed by atoms with Crippen molar-refractivity contribution in [3.63, 3.8) is 0 Å². The number of benzene rings is 1. The predicted molar refractivity (Wildman–Crippen MR) is 46.3 cm³/mol. The molecule has 56 valence electrons. The summed E-state index contributed by atoms with van der Waals surface area (Å²) in [6.07, 6.45) is 0.951. The van der Waals surface area contributed by atoms with Crippen LogP contribution in [0.1, 0.15) is 5.56 Å². The molecular formula is C9H10N2. The number of likely N-dealkylation sites (N-methyl/N-ethyl adjacent to an activating group) is 1. The number of hydrogen-bond acceptors (Lipinski definition) is 2. The monoisotopic (exact) mass is 146 g/mol. The SMILES string of the molecule is CNC1=Nc2ccccc2C1. The summed E-state index contributed by atoms with van der Waals surface area (Å²) in [4.78, 5) is 4.38. The predicted octanol–water partition coefficient (Wildman–Crippen LogP) is 1.49. The lowest BCUT2D eigenvalue weighted by atomic mass is 10.1. The van der Waals surface area contributed by atoms with Gasteiger partial charge in [0.1, 0.15) is 5.84 Å². The maximum Gasteiger partial charge on any atom is 0.106 e. The van der Waals surface area contributed by atoms with Gasteiger partial charge in [0.2, 0.25) is 0 Å². The number of fused-ring (bicyclic) bond motifs is 1. The van der Waals surface area contributed by atoms with Gasteiger partial charge in [0, 0.05) is 13.5 Å². The highest BCUT2D eigenvalue weighted by Gasteiger charge is 2.10. The number of amidine groups is 1. The van der Waals surface area contributed by atoms with Crippen LogP contribution in [0.15, 0.2) is 29.3 Å². The minimum Gasteiger partial charge on any atom is -0.376 e. The van der Waals surface area contributed by atoms with Crippen molar-refractivity contribution in [1.29, 1.82) is 0 Å². The average Bonchev–Trinajstić information content (AvgIpc) is 2.46. The van der Waals surface area contributed by atoms with Gasteiger partial charge in [-0.15, -0.1) is 0 Å². The maximum atomic E-state index is 4.38. The first kappa shape index (κ1) is 6.40. The molecule has 0 bridgehead atoms. The van der Waals surface area contributed by atoms with Gasteiger partial charge in [0.25, 0.3) is 0 Å². The van der Waals surface area contributed by atoms with Crippen molar-refractivity contribution in [2.75, 3.05) is 7.05 Å². The maximum absolute atomic E-state index is 4.38. The molecule has 0 saturated heterocycles. The Hall–Kier alpha value is -1.31. The van der Waals surface area contributed by atoms with E-state index in [2.05, 4.69) is 16.4 Å². The third-order valence-corrected chi connectivity index (χ3v) is 1.89. The quantitative estimate of drug-likeness (QED) is 0.589. The normalized spacial score (nSPS) is 14.1. The molecule has 1 aromatic rings. The Morgan fingerprint density at radius 2 is 2.18 bits per heavy atom. The molecule has 0 unspecified atom stereocenters. The third-order valence-electron chi connectivity index (χ3n) is 1.89. The Bertz CT molecular complexity index is 302. The van der Waals surface area contributed by atoms with Crippen LogP contribution in [0.4, 0.5) is 5.69 Å². The van der Waals surface area contributed by atoms with Crippen LogP contribution < -0.4 is 5.32 Å². The molecule has 0 fully saturated rings. The molecule has 1 aliphatic heterocycles. The zero-order valence-electron chi connectivity index (χ0n) is 6.46. The molecule has 0 amide bonds. The third kappa shape index (κ3) is 1.00. The summed E-state index contributed by atoms with van der Waals surface area (Å²) in [5.41, 5.74) is 2.42. The lowest BCUT2D eigenvalue weighted by molar-refractivity contribution is 1.13. The first-order chi connectivity index (χ1) is 5.40. The average molecular weight is 146 g/mol. The molecular weight excluding hydrogens is 136 g/mol. The van der Waals surface area contributed by atoms with E-state index >= 15 is 0 Å². The van der Waals surface area contributed by atoms with E-state index in [1.54, 1.807) is 0 Å². The number of aliphatic imine (C=N–C) groups is 1. The largest absolute Gasteiger partial charge is 0.376 e. The highest BCUT2D eigenvalue weighted by Crippen LogP contribution is 2.24. The fourth-order valence-electron chi connectivity index (χ4n) is 1.28. The van der Waals surface area contributed by atoms with E-state index in [1.165, 1.54) is 5.56 Å². The summed E-state index contributed by atoms with van der Waals surface area (Å²) < 4.78 is 0. The van der Waals surface area contributed by atoms with Gasteiger partial charge in [-0.1, -0.05) is 18.2 Å². The summed E-state index contributed by atoms with van der Waals surface area (Å²) in [6, 6.07) is 8.22. The zero-order valence-corrected chi connectivity index (χ0v) is 6.46. The number of para-hydroxylation sites is 1. The molecule has 0 atom stereocenters. The van der Waals surface area contributed by atoms with Crippen molar-refractivity contribution in [1.82, 2.24) is 5.32 Å². The lowest BCUT2D eigenvalue weighted by Gasteiger charge is -1.94. The Labute approximate surface area is 66.0 Å². The van der Waals surface area contributed by atoms with Gasteiger partial charge >= 0.3 is 0 Å². The van der Waals surface area contributed by atoms with Crippen molar-refractivity contribution in [2.24, 2.45) is 4.99 Å². The molecule has 2 heteroatoms. The lowest BCUT2D eigenvalue weighted by Crippen LogP contribution is -2.17. The highest BCUT2D eigenvalue weighted by molar-refractivity contribution is 5.91. The van der Waals surface area contributed by atoms with Crippen molar-refractivity contribution in [2.45, 2.75) is 6.42 Å². The van der Waals surface area contributed by atoms with Crippen LogP contribution in [0.2, 0.25) is 0 Å². The molecule has 1 N–H and O–H groups in total. The van der Waals surface area contributed by atoms with Gasteiger partial charge in [-0.2, -0.15) is 0 Å².